The van der Waals surface area contributed by atoms with Crippen molar-refractivity contribution in [1.29, 1.82) is 0 Å². The fourth-order valence-corrected chi connectivity index (χ4v) is 2.45. The standard InChI is InChI=1S/C20H23N7O3/c1-20(2,3)30-19(28)22-16-12-8-11-15(21-16)13-29-24-17(14-9-6-5-7-10-14)18-23-25-26-27(18)4/h5-12H,13H2,1-4H3,(H,21,22,28)/b24-17-. The lowest BCUT2D eigenvalue weighted by Gasteiger charge is -2.19. The average Bonchev–Trinajstić information content (AvgIpc) is 3.10. The van der Waals surface area contributed by atoms with Gasteiger partial charge in [0.1, 0.15) is 11.4 Å². The van der Waals surface area contributed by atoms with Crippen molar-refractivity contribution in [3.8, 4) is 0 Å². The van der Waals surface area contributed by atoms with E-state index in [9.17, 15) is 4.79 Å². The van der Waals surface area contributed by atoms with Crippen LogP contribution in [0.15, 0.2) is 53.7 Å². The zero-order valence-corrected chi connectivity index (χ0v) is 17.2. The second-order valence-corrected chi connectivity index (χ2v) is 7.35. The van der Waals surface area contributed by atoms with Crippen LogP contribution < -0.4 is 5.32 Å². The normalized spacial score (nSPS) is 11.8. The van der Waals surface area contributed by atoms with Crippen LogP contribution in [0.25, 0.3) is 0 Å². The van der Waals surface area contributed by atoms with Gasteiger partial charge in [0.05, 0.1) is 5.69 Å². The lowest BCUT2D eigenvalue weighted by atomic mass is 10.1. The van der Waals surface area contributed by atoms with Gasteiger partial charge >= 0.3 is 6.09 Å². The van der Waals surface area contributed by atoms with Crippen molar-refractivity contribution < 1.29 is 14.4 Å². The number of carbonyl (C=O) groups is 1. The number of hydrogen-bond acceptors (Lipinski definition) is 8. The summed E-state index contributed by atoms with van der Waals surface area (Å²) in [5.41, 5.74) is 1.29. The monoisotopic (exact) mass is 409 g/mol. The SMILES string of the molecule is Cn1nnnc1/C(=N\OCc1cccc(NC(=O)OC(C)(C)C)n1)c1ccccc1. The number of ether oxygens (including phenoxy) is 1. The summed E-state index contributed by atoms with van der Waals surface area (Å²) in [6.45, 7) is 5.46. The highest BCUT2D eigenvalue weighted by atomic mass is 16.6. The van der Waals surface area contributed by atoms with Crippen molar-refractivity contribution in [3.63, 3.8) is 0 Å². The molecular weight excluding hydrogens is 386 g/mol. The molecule has 0 saturated heterocycles. The highest BCUT2D eigenvalue weighted by Crippen LogP contribution is 2.12. The Morgan fingerprint density at radius 3 is 2.57 bits per heavy atom. The Bertz CT molecular complexity index is 1030. The molecule has 1 N–H and O–H groups in total. The number of oxime groups is 1. The summed E-state index contributed by atoms with van der Waals surface area (Å²) in [4.78, 5) is 21.8. The van der Waals surface area contributed by atoms with Gasteiger partial charge in [-0.1, -0.05) is 41.6 Å². The molecule has 0 saturated carbocycles. The minimum Gasteiger partial charge on any atom is -0.444 e. The van der Waals surface area contributed by atoms with Crippen LogP contribution in [0.5, 0.6) is 0 Å². The Morgan fingerprint density at radius 2 is 1.90 bits per heavy atom. The molecule has 0 unspecified atom stereocenters. The number of tetrazole rings is 1. The molecule has 156 valence electrons. The maximum Gasteiger partial charge on any atom is 0.413 e. The minimum atomic E-state index is -0.595. The molecule has 2 heterocycles. The van der Waals surface area contributed by atoms with Crippen LogP contribution in [0.1, 0.15) is 37.9 Å². The van der Waals surface area contributed by atoms with Crippen molar-refractivity contribution in [2.45, 2.75) is 33.0 Å². The van der Waals surface area contributed by atoms with Crippen LogP contribution in [-0.4, -0.2) is 42.6 Å². The van der Waals surface area contributed by atoms with Crippen LogP contribution in [0.2, 0.25) is 0 Å². The van der Waals surface area contributed by atoms with Gasteiger partial charge in [-0.3, -0.25) is 5.32 Å². The lowest BCUT2D eigenvalue weighted by molar-refractivity contribution is 0.0635. The van der Waals surface area contributed by atoms with Gasteiger partial charge in [-0.05, 0) is 43.3 Å². The number of benzene rings is 1. The summed E-state index contributed by atoms with van der Waals surface area (Å²) in [7, 11) is 1.72. The molecule has 1 aromatic carbocycles. The molecule has 0 aliphatic rings. The van der Waals surface area contributed by atoms with Gasteiger partial charge in [0.25, 0.3) is 0 Å². The van der Waals surface area contributed by atoms with E-state index in [4.69, 9.17) is 9.57 Å². The maximum atomic E-state index is 11.9. The van der Waals surface area contributed by atoms with Gasteiger partial charge in [0.15, 0.2) is 12.3 Å². The number of nitrogens with zero attached hydrogens (tertiary/aromatic N) is 6. The van der Waals surface area contributed by atoms with Crippen molar-refractivity contribution >= 4 is 17.6 Å². The molecular formula is C20H23N7O3. The Labute approximate surface area is 173 Å². The number of aryl methyl sites for hydroxylation is 1. The molecule has 10 heteroatoms. The molecule has 1 amide bonds. The Balaban J connectivity index is 1.71. The van der Waals surface area contributed by atoms with E-state index in [2.05, 4.69) is 31.0 Å². The van der Waals surface area contributed by atoms with Crippen LogP contribution in [0.4, 0.5) is 10.6 Å². The predicted octanol–water partition coefficient (Wildman–Crippen LogP) is 2.92. The molecule has 0 fully saturated rings. The topological polar surface area (TPSA) is 116 Å². The highest BCUT2D eigenvalue weighted by Gasteiger charge is 2.17. The van der Waals surface area contributed by atoms with Crippen molar-refractivity contribution in [1.82, 2.24) is 25.2 Å². The third kappa shape index (κ3) is 5.84. The molecule has 0 radical (unpaired) electrons. The highest BCUT2D eigenvalue weighted by molar-refractivity contribution is 6.10. The summed E-state index contributed by atoms with van der Waals surface area (Å²) < 4.78 is 6.74. The molecule has 0 aliphatic carbocycles. The van der Waals surface area contributed by atoms with E-state index in [-0.39, 0.29) is 6.61 Å². The van der Waals surface area contributed by atoms with E-state index in [0.717, 1.165) is 5.56 Å². The van der Waals surface area contributed by atoms with Crippen molar-refractivity contribution in [2.75, 3.05) is 5.32 Å². The van der Waals surface area contributed by atoms with Crippen molar-refractivity contribution in [3.05, 3.63) is 65.6 Å². The second kappa shape index (κ2) is 9.12. The summed E-state index contributed by atoms with van der Waals surface area (Å²) in [6, 6.07) is 14.7. The molecule has 0 aliphatic heterocycles. The van der Waals surface area contributed by atoms with Gasteiger partial charge in [0, 0.05) is 12.6 Å². The molecule has 0 spiro atoms. The van der Waals surface area contributed by atoms with E-state index in [0.29, 0.717) is 23.0 Å². The van der Waals surface area contributed by atoms with Gasteiger partial charge in [-0.2, -0.15) is 0 Å². The minimum absolute atomic E-state index is 0.0887. The molecule has 0 bridgehead atoms. The first-order valence-electron chi connectivity index (χ1n) is 9.26. The third-order valence-electron chi connectivity index (χ3n) is 3.68. The van der Waals surface area contributed by atoms with Gasteiger partial charge in [0.2, 0.25) is 5.82 Å². The maximum absolute atomic E-state index is 11.9. The van der Waals surface area contributed by atoms with Crippen molar-refractivity contribution in [2.24, 2.45) is 12.2 Å². The largest absolute Gasteiger partial charge is 0.444 e. The zero-order chi connectivity index (χ0) is 21.6. The van der Waals surface area contributed by atoms with E-state index < -0.39 is 11.7 Å². The Hall–Kier alpha value is -3.82. The summed E-state index contributed by atoms with van der Waals surface area (Å²) in [5.74, 6) is 0.824. The van der Waals surface area contributed by atoms with Crippen LogP contribution in [0, 0.1) is 0 Å². The second-order valence-electron chi connectivity index (χ2n) is 7.35. The first-order valence-corrected chi connectivity index (χ1v) is 9.26. The summed E-state index contributed by atoms with van der Waals surface area (Å²) in [6.07, 6.45) is -0.577. The van der Waals surface area contributed by atoms with E-state index in [1.54, 1.807) is 46.0 Å². The van der Waals surface area contributed by atoms with Crippen LogP contribution in [0.3, 0.4) is 0 Å². The first-order chi connectivity index (χ1) is 14.3. The summed E-state index contributed by atoms with van der Waals surface area (Å²) in [5, 5.41) is 18.4. The summed E-state index contributed by atoms with van der Waals surface area (Å²) >= 11 is 0. The van der Waals surface area contributed by atoms with E-state index >= 15 is 0 Å². The fourth-order valence-electron chi connectivity index (χ4n) is 2.45. The quantitative estimate of drug-likeness (QED) is 0.491. The molecule has 0 atom stereocenters. The number of hydrogen-bond donors (Lipinski definition) is 1. The van der Waals surface area contributed by atoms with E-state index in [1.165, 1.54) is 4.68 Å². The fraction of sp³-hybridized carbons (Fsp3) is 0.300. The molecule has 3 aromatic rings. The number of rotatable bonds is 6. The van der Waals surface area contributed by atoms with Gasteiger partial charge < -0.3 is 9.57 Å². The number of amides is 1. The smallest absolute Gasteiger partial charge is 0.413 e. The lowest BCUT2D eigenvalue weighted by Crippen LogP contribution is -2.27. The Morgan fingerprint density at radius 1 is 1.13 bits per heavy atom. The molecule has 10 nitrogen and oxygen atoms in total. The predicted molar refractivity (Wildman–Crippen MR) is 110 cm³/mol. The van der Waals surface area contributed by atoms with Gasteiger partial charge in [-0.15, -0.1) is 5.10 Å². The average molecular weight is 409 g/mol. The number of nitrogens with one attached hydrogen (secondary N) is 1. The third-order valence-corrected chi connectivity index (χ3v) is 3.68. The number of anilines is 1. The van der Waals surface area contributed by atoms with Gasteiger partial charge in [-0.25, -0.2) is 14.5 Å². The zero-order valence-electron chi connectivity index (χ0n) is 17.2. The number of carbonyl (C=O) groups excluding carboxylic acids is 1. The Kier molecular flexibility index (Phi) is 6.35. The molecule has 2 aromatic heterocycles. The number of pyridine rings is 1. The molecule has 3 rings (SSSR count). The number of aromatic nitrogens is 5. The van der Waals surface area contributed by atoms with Crippen LogP contribution >= 0.6 is 0 Å². The van der Waals surface area contributed by atoms with Crippen LogP contribution in [-0.2, 0) is 23.2 Å². The van der Waals surface area contributed by atoms with E-state index in [1.807, 2.05) is 30.3 Å². The first kappa shape index (κ1) is 20.9. The molecule has 30 heavy (non-hydrogen) atoms.